The highest BCUT2D eigenvalue weighted by atomic mass is 32.1. The van der Waals surface area contributed by atoms with E-state index in [-0.39, 0.29) is 5.91 Å². The normalized spacial score (nSPS) is 27.0. The quantitative estimate of drug-likeness (QED) is 0.898. The van der Waals surface area contributed by atoms with Gasteiger partial charge in [0.25, 0.3) is 0 Å². The summed E-state index contributed by atoms with van der Waals surface area (Å²) in [5.41, 5.74) is 0. The molecule has 1 amide bonds. The molecule has 2 fully saturated rings. The van der Waals surface area contributed by atoms with Gasteiger partial charge < -0.3 is 5.32 Å². The first-order chi connectivity index (χ1) is 11.2. The van der Waals surface area contributed by atoms with E-state index in [1.165, 1.54) is 17.7 Å². The maximum atomic E-state index is 12.2. The summed E-state index contributed by atoms with van der Waals surface area (Å²) in [6, 6.07) is 4.74. The van der Waals surface area contributed by atoms with Crippen molar-refractivity contribution < 1.29 is 4.79 Å². The van der Waals surface area contributed by atoms with Gasteiger partial charge in [0.05, 0.1) is 6.54 Å². The summed E-state index contributed by atoms with van der Waals surface area (Å²) >= 11 is 1.83. The van der Waals surface area contributed by atoms with Gasteiger partial charge in [-0.05, 0) is 43.0 Å². The van der Waals surface area contributed by atoms with Crippen LogP contribution < -0.4 is 5.32 Å². The van der Waals surface area contributed by atoms with E-state index in [1.54, 1.807) is 0 Å². The molecular formula is C18H29N3OS. The molecule has 1 aliphatic carbocycles. The van der Waals surface area contributed by atoms with E-state index in [9.17, 15) is 4.79 Å². The molecule has 1 aromatic rings. The molecule has 0 spiro atoms. The number of hydrogen-bond acceptors (Lipinski definition) is 4. The molecule has 0 aromatic carbocycles. The fraction of sp³-hybridized carbons (Fsp3) is 0.722. The van der Waals surface area contributed by atoms with Crippen LogP contribution in [0.3, 0.4) is 0 Å². The fourth-order valence-corrected chi connectivity index (χ4v) is 4.36. The van der Waals surface area contributed by atoms with Gasteiger partial charge in [0.2, 0.25) is 5.91 Å². The second-order valence-electron chi connectivity index (χ2n) is 7.16. The molecule has 1 N–H and O–H groups in total. The second-order valence-corrected chi connectivity index (χ2v) is 8.19. The molecule has 1 saturated heterocycles. The lowest BCUT2D eigenvalue weighted by atomic mass is 9.87. The Labute approximate surface area is 143 Å². The zero-order chi connectivity index (χ0) is 16.1. The minimum absolute atomic E-state index is 0.219. The average molecular weight is 336 g/mol. The monoisotopic (exact) mass is 335 g/mol. The third-order valence-corrected chi connectivity index (χ3v) is 6.03. The Bertz CT molecular complexity index is 474. The Morgan fingerprint density at radius 1 is 1.17 bits per heavy atom. The van der Waals surface area contributed by atoms with E-state index in [0.717, 1.165) is 51.5 Å². The molecule has 23 heavy (non-hydrogen) atoms. The Morgan fingerprint density at radius 3 is 2.52 bits per heavy atom. The zero-order valence-electron chi connectivity index (χ0n) is 14.2. The van der Waals surface area contributed by atoms with Crippen LogP contribution in [-0.4, -0.2) is 54.5 Å². The van der Waals surface area contributed by atoms with Crippen LogP contribution in [0, 0.1) is 5.92 Å². The SMILES string of the molecule is CC1CCC(NC(=O)CN2CCN(Cc3cccs3)CC2)CC1. The second kappa shape index (κ2) is 8.27. The first kappa shape index (κ1) is 16.9. The van der Waals surface area contributed by atoms with E-state index in [0.29, 0.717) is 12.6 Å². The highest BCUT2D eigenvalue weighted by Gasteiger charge is 2.22. The third-order valence-electron chi connectivity index (χ3n) is 5.17. The number of piperazine rings is 1. The molecule has 4 nitrogen and oxygen atoms in total. The van der Waals surface area contributed by atoms with Crippen LogP contribution in [0.15, 0.2) is 17.5 Å². The van der Waals surface area contributed by atoms with Crippen molar-refractivity contribution in [3.63, 3.8) is 0 Å². The summed E-state index contributed by atoms with van der Waals surface area (Å²) in [6.07, 6.45) is 4.82. The van der Waals surface area contributed by atoms with Gasteiger partial charge in [0.1, 0.15) is 0 Å². The van der Waals surface area contributed by atoms with Crippen molar-refractivity contribution in [2.75, 3.05) is 32.7 Å². The Morgan fingerprint density at radius 2 is 1.87 bits per heavy atom. The molecule has 0 radical (unpaired) electrons. The van der Waals surface area contributed by atoms with Gasteiger partial charge in [0, 0.05) is 43.6 Å². The lowest BCUT2D eigenvalue weighted by molar-refractivity contribution is -0.123. The van der Waals surface area contributed by atoms with Crippen molar-refractivity contribution in [3.05, 3.63) is 22.4 Å². The summed E-state index contributed by atoms with van der Waals surface area (Å²) in [5, 5.41) is 5.38. The van der Waals surface area contributed by atoms with Gasteiger partial charge in [-0.25, -0.2) is 0 Å². The van der Waals surface area contributed by atoms with Crippen LogP contribution in [0.2, 0.25) is 0 Å². The number of rotatable bonds is 5. The molecular weight excluding hydrogens is 306 g/mol. The minimum Gasteiger partial charge on any atom is -0.352 e. The Hall–Kier alpha value is -0.910. The summed E-state index contributed by atoms with van der Waals surface area (Å²) in [5.74, 6) is 1.05. The van der Waals surface area contributed by atoms with Gasteiger partial charge >= 0.3 is 0 Å². The van der Waals surface area contributed by atoms with Crippen molar-refractivity contribution in [2.45, 2.75) is 45.2 Å². The van der Waals surface area contributed by atoms with Crippen molar-refractivity contribution in [3.8, 4) is 0 Å². The third kappa shape index (κ3) is 5.30. The number of nitrogens with one attached hydrogen (secondary N) is 1. The summed E-state index contributed by atoms with van der Waals surface area (Å²) in [6.45, 7) is 8.06. The zero-order valence-corrected chi connectivity index (χ0v) is 15.0. The topological polar surface area (TPSA) is 35.6 Å². The summed E-state index contributed by atoms with van der Waals surface area (Å²) in [7, 11) is 0. The predicted octanol–water partition coefficient (Wildman–Crippen LogP) is 2.56. The van der Waals surface area contributed by atoms with E-state index in [2.05, 4.69) is 39.6 Å². The molecule has 128 valence electrons. The molecule has 1 aliphatic heterocycles. The molecule has 1 aromatic heterocycles. The van der Waals surface area contributed by atoms with Crippen LogP contribution in [0.25, 0.3) is 0 Å². The molecule has 3 rings (SSSR count). The van der Waals surface area contributed by atoms with Gasteiger partial charge in [-0.3, -0.25) is 14.6 Å². The number of hydrogen-bond donors (Lipinski definition) is 1. The number of nitrogens with zero attached hydrogens (tertiary/aromatic N) is 2. The lowest BCUT2D eigenvalue weighted by Gasteiger charge is -2.34. The van der Waals surface area contributed by atoms with E-state index in [4.69, 9.17) is 0 Å². The Kier molecular flexibility index (Phi) is 6.08. The number of carbonyl (C=O) groups is 1. The maximum Gasteiger partial charge on any atom is 0.234 e. The standard InChI is InChI=1S/C18H29N3OS/c1-15-4-6-16(7-5-15)19-18(22)14-21-10-8-20(9-11-21)13-17-3-2-12-23-17/h2-3,12,15-16H,4-11,13-14H2,1H3,(H,19,22). The molecule has 0 atom stereocenters. The van der Waals surface area contributed by atoms with Crippen molar-refractivity contribution in [1.29, 1.82) is 0 Å². The maximum absolute atomic E-state index is 12.2. The highest BCUT2D eigenvalue weighted by Crippen LogP contribution is 2.23. The van der Waals surface area contributed by atoms with Crippen molar-refractivity contribution >= 4 is 17.2 Å². The molecule has 2 aliphatic rings. The van der Waals surface area contributed by atoms with E-state index in [1.807, 2.05) is 11.3 Å². The first-order valence-electron chi connectivity index (χ1n) is 8.95. The van der Waals surface area contributed by atoms with Crippen LogP contribution in [0.4, 0.5) is 0 Å². The number of thiophene rings is 1. The minimum atomic E-state index is 0.219. The first-order valence-corrected chi connectivity index (χ1v) is 9.83. The number of amides is 1. The summed E-state index contributed by atoms with van der Waals surface area (Å²) in [4.78, 5) is 18.5. The van der Waals surface area contributed by atoms with Gasteiger partial charge in [-0.15, -0.1) is 11.3 Å². The molecule has 1 saturated carbocycles. The van der Waals surface area contributed by atoms with Crippen molar-refractivity contribution in [2.24, 2.45) is 5.92 Å². The van der Waals surface area contributed by atoms with E-state index >= 15 is 0 Å². The van der Waals surface area contributed by atoms with Gasteiger partial charge in [-0.1, -0.05) is 13.0 Å². The lowest BCUT2D eigenvalue weighted by Crippen LogP contribution is -2.50. The largest absolute Gasteiger partial charge is 0.352 e. The van der Waals surface area contributed by atoms with Crippen LogP contribution in [-0.2, 0) is 11.3 Å². The van der Waals surface area contributed by atoms with Gasteiger partial charge in [0.15, 0.2) is 0 Å². The summed E-state index contributed by atoms with van der Waals surface area (Å²) < 4.78 is 0. The van der Waals surface area contributed by atoms with Gasteiger partial charge in [-0.2, -0.15) is 0 Å². The predicted molar refractivity (Wildman–Crippen MR) is 95.6 cm³/mol. The number of carbonyl (C=O) groups excluding carboxylic acids is 1. The van der Waals surface area contributed by atoms with E-state index < -0.39 is 0 Å². The van der Waals surface area contributed by atoms with Crippen LogP contribution >= 0.6 is 11.3 Å². The van der Waals surface area contributed by atoms with Crippen LogP contribution in [0.1, 0.15) is 37.5 Å². The smallest absolute Gasteiger partial charge is 0.234 e. The molecule has 0 unspecified atom stereocenters. The fourth-order valence-electron chi connectivity index (χ4n) is 3.61. The Balaban J connectivity index is 1.34. The average Bonchev–Trinajstić information content (AvgIpc) is 3.04. The molecule has 5 heteroatoms. The van der Waals surface area contributed by atoms with Crippen LogP contribution in [0.5, 0.6) is 0 Å². The van der Waals surface area contributed by atoms with Crippen molar-refractivity contribution in [1.82, 2.24) is 15.1 Å². The highest BCUT2D eigenvalue weighted by molar-refractivity contribution is 7.09. The molecule has 2 heterocycles. The molecule has 0 bridgehead atoms.